The number of imide groups is 1. The third kappa shape index (κ3) is 2.64. The first-order valence-electron chi connectivity index (χ1n) is 5.84. The van der Waals surface area contributed by atoms with Gasteiger partial charge in [-0.25, -0.2) is 4.79 Å². The maximum atomic E-state index is 12.2. The van der Waals surface area contributed by atoms with Gasteiger partial charge in [-0.1, -0.05) is 0 Å². The Hall–Kier alpha value is -1.60. The normalized spacial score (nSPS) is 18.8. The molecule has 1 saturated heterocycles. The van der Waals surface area contributed by atoms with E-state index >= 15 is 0 Å². The maximum Gasteiger partial charge on any atom is 0.328 e. The zero-order chi connectivity index (χ0) is 14.9. The number of amides is 2. The molecule has 1 atom stereocenters. The van der Waals surface area contributed by atoms with Crippen LogP contribution in [0.25, 0.3) is 6.08 Å². The van der Waals surface area contributed by atoms with Crippen LogP contribution in [0.15, 0.2) is 16.4 Å². The van der Waals surface area contributed by atoms with Crippen LogP contribution < -0.4 is 0 Å². The molecule has 106 valence electrons. The van der Waals surface area contributed by atoms with Gasteiger partial charge in [0.1, 0.15) is 6.04 Å². The second-order valence-corrected chi connectivity index (χ2v) is 6.16. The zero-order valence-electron chi connectivity index (χ0n) is 11.2. The summed E-state index contributed by atoms with van der Waals surface area (Å²) in [6.45, 7) is 3.41. The molecule has 1 aromatic rings. The number of carbonyl (C=O) groups excluding carboxylic acids is 3. The summed E-state index contributed by atoms with van der Waals surface area (Å²) < 4.78 is 4.57. The van der Waals surface area contributed by atoms with E-state index in [1.54, 1.807) is 6.08 Å². The molecule has 1 aromatic heterocycles. The fourth-order valence-electron chi connectivity index (χ4n) is 1.74. The van der Waals surface area contributed by atoms with Gasteiger partial charge in [-0.15, -0.1) is 11.3 Å². The lowest BCUT2D eigenvalue weighted by molar-refractivity contribution is -0.148. The summed E-state index contributed by atoms with van der Waals surface area (Å²) in [5.41, 5.74) is 1.04. The summed E-state index contributed by atoms with van der Waals surface area (Å²) in [6.07, 6.45) is 1.69. The summed E-state index contributed by atoms with van der Waals surface area (Å²) in [7, 11) is 1.22. The molecule has 0 spiro atoms. The van der Waals surface area contributed by atoms with Crippen molar-refractivity contribution in [1.82, 2.24) is 4.90 Å². The van der Waals surface area contributed by atoms with Gasteiger partial charge in [0.25, 0.3) is 11.1 Å². The van der Waals surface area contributed by atoms with Crippen LogP contribution in [0, 0.1) is 6.92 Å². The first-order valence-corrected chi connectivity index (χ1v) is 7.54. The van der Waals surface area contributed by atoms with Crippen molar-refractivity contribution in [3.63, 3.8) is 0 Å². The van der Waals surface area contributed by atoms with Crippen LogP contribution in [-0.2, 0) is 14.3 Å². The Morgan fingerprint density at radius 1 is 1.45 bits per heavy atom. The highest BCUT2D eigenvalue weighted by molar-refractivity contribution is 8.18. The Balaban J connectivity index is 2.27. The highest BCUT2D eigenvalue weighted by Gasteiger charge is 2.41. The predicted octanol–water partition coefficient (Wildman–Crippen LogP) is 2.65. The highest BCUT2D eigenvalue weighted by atomic mass is 32.2. The summed E-state index contributed by atoms with van der Waals surface area (Å²) in [5.74, 6) is -1.06. The number of methoxy groups -OCH3 is 1. The van der Waals surface area contributed by atoms with E-state index in [9.17, 15) is 14.4 Å². The number of ether oxygens (including phenoxy) is 1. The van der Waals surface area contributed by atoms with E-state index in [0.29, 0.717) is 4.91 Å². The van der Waals surface area contributed by atoms with Gasteiger partial charge >= 0.3 is 5.97 Å². The van der Waals surface area contributed by atoms with Crippen molar-refractivity contribution >= 4 is 46.3 Å². The van der Waals surface area contributed by atoms with Crippen molar-refractivity contribution in [1.29, 1.82) is 0 Å². The molecule has 1 aliphatic heterocycles. The van der Waals surface area contributed by atoms with E-state index in [0.717, 1.165) is 27.1 Å². The number of aryl methyl sites for hydroxylation is 1. The van der Waals surface area contributed by atoms with Crippen LogP contribution in [0.1, 0.15) is 17.4 Å². The van der Waals surface area contributed by atoms with Crippen LogP contribution in [-0.4, -0.2) is 35.2 Å². The first-order chi connectivity index (χ1) is 9.45. The van der Waals surface area contributed by atoms with E-state index in [4.69, 9.17) is 0 Å². The fourth-order valence-corrected chi connectivity index (χ4v) is 3.56. The molecule has 0 saturated carbocycles. The summed E-state index contributed by atoms with van der Waals surface area (Å²) in [4.78, 5) is 37.8. The summed E-state index contributed by atoms with van der Waals surface area (Å²) in [5, 5.41) is 1.47. The van der Waals surface area contributed by atoms with Crippen LogP contribution in [0.5, 0.6) is 0 Å². The Labute approximate surface area is 124 Å². The average molecular weight is 311 g/mol. The third-order valence-electron chi connectivity index (χ3n) is 2.92. The van der Waals surface area contributed by atoms with Crippen LogP contribution >= 0.6 is 23.1 Å². The van der Waals surface area contributed by atoms with Gasteiger partial charge in [-0.2, -0.15) is 0 Å². The molecule has 5 nitrogen and oxygen atoms in total. The largest absolute Gasteiger partial charge is 0.467 e. The lowest BCUT2D eigenvalue weighted by atomic mass is 10.2. The Morgan fingerprint density at radius 3 is 2.70 bits per heavy atom. The van der Waals surface area contributed by atoms with E-state index in [2.05, 4.69) is 4.74 Å². The summed E-state index contributed by atoms with van der Waals surface area (Å²) in [6, 6.07) is 1.03. The molecule has 0 radical (unpaired) electrons. The number of rotatable bonds is 3. The first kappa shape index (κ1) is 14.8. The van der Waals surface area contributed by atoms with Crippen LogP contribution in [0.4, 0.5) is 4.79 Å². The minimum absolute atomic E-state index is 0.330. The minimum atomic E-state index is -0.914. The lowest BCUT2D eigenvalue weighted by Gasteiger charge is -2.18. The topological polar surface area (TPSA) is 63.7 Å². The van der Waals surface area contributed by atoms with Crippen molar-refractivity contribution in [2.45, 2.75) is 19.9 Å². The van der Waals surface area contributed by atoms with Crippen molar-refractivity contribution < 1.29 is 19.1 Å². The van der Waals surface area contributed by atoms with Crippen molar-refractivity contribution in [2.24, 2.45) is 0 Å². The van der Waals surface area contributed by atoms with Gasteiger partial charge in [-0.05, 0) is 48.7 Å². The standard InChI is InChI=1S/C13H13NO4S2/c1-7-4-5-19-9(7)6-10-11(15)14(13(17)20-10)8(2)12(16)18-3/h4-6,8H,1-3H3/b10-6+/t8-/m0/s1. The van der Waals surface area contributed by atoms with Gasteiger partial charge < -0.3 is 4.74 Å². The SMILES string of the molecule is COC(=O)[C@H](C)N1C(=O)S/C(=C/c2sccc2C)C1=O. The number of hydrogen-bond acceptors (Lipinski definition) is 6. The molecule has 1 fully saturated rings. The molecule has 2 heterocycles. The van der Waals surface area contributed by atoms with Gasteiger partial charge in [0.2, 0.25) is 0 Å². The van der Waals surface area contributed by atoms with Crippen molar-refractivity contribution in [3.05, 3.63) is 26.8 Å². The highest BCUT2D eigenvalue weighted by Crippen LogP contribution is 2.35. The Bertz CT molecular complexity index is 605. The van der Waals surface area contributed by atoms with Gasteiger partial charge in [0, 0.05) is 4.88 Å². The second-order valence-electron chi connectivity index (χ2n) is 4.22. The Kier molecular flexibility index (Phi) is 4.29. The second kappa shape index (κ2) is 5.80. The molecule has 0 N–H and O–H groups in total. The molecule has 1 aliphatic rings. The molecule has 0 bridgehead atoms. The van der Waals surface area contributed by atoms with Gasteiger partial charge in [0.05, 0.1) is 12.0 Å². The smallest absolute Gasteiger partial charge is 0.328 e. The van der Waals surface area contributed by atoms with E-state index < -0.39 is 23.2 Å². The minimum Gasteiger partial charge on any atom is -0.467 e. The van der Waals surface area contributed by atoms with E-state index in [1.165, 1.54) is 25.4 Å². The molecular weight excluding hydrogens is 298 g/mol. The monoisotopic (exact) mass is 311 g/mol. The average Bonchev–Trinajstić information content (AvgIpc) is 2.93. The van der Waals surface area contributed by atoms with Crippen LogP contribution in [0.2, 0.25) is 0 Å². The number of carbonyl (C=O) groups is 3. The maximum absolute atomic E-state index is 12.2. The number of nitrogens with zero attached hydrogens (tertiary/aromatic N) is 1. The van der Waals surface area contributed by atoms with E-state index in [1.807, 2.05) is 18.4 Å². The Morgan fingerprint density at radius 2 is 2.15 bits per heavy atom. The molecule has 0 unspecified atom stereocenters. The molecule has 0 aliphatic carbocycles. The molecule has 7 heteroatoms. The van der Waals surface area contributed by atoms with Gasteiger partial charge in [0.15, 0.2) is 0 Å². The quantitative estimate of drug-likeness (QED) is 0.634. The predicted molar refractivity (Wildman–Crippen MR) is 78.3 cm³/mol. The fraction of sp³-hybridized carbons (Fsp3) is 0.308. The number of thiophene rings is 1. The number of hydrogen-bond donors (Lipinski definition) is 0. The zero-order valence-corrected chi connectivity index (χ0v) is 12.8. The molecule has 0 aromatic carbocycles. The lowest BCUT2D eigenvalue weighted by Crippen LogP contribution is -2.42. The van der Waals surface area contributed by atoms with Gasteiger partial charge in [-0.3, -0.25) is 14.5 Å². The number of thioether (sulfide) groups is 1. The molecular formula is C13H13NO4S2. The van der Waals surface area contributed by atoms with Crippen molar-refractivity contribution in [2.75, 3.05) is 7.11 Å². The summed E-state index contributed by atoms with van der Waals surface area (Å²) >= 11 is 2.34. The molecule has 2 amide bonds. The van der Waals surface area contributed by atoms with Crippen molar-refractivity contribution in [3.8, 4) is 0 Å². The third-order valence-corrected chi connectivity index (χ3v) is 4.77. The number of esters is 1. The van der Waals surface area contributed by atoms with E-state index in [-0.39, 0.29) is 0 Å². The molecule has 2 rings (SSSR count). The molecule has 20 heavy (non-hydrogen) atoms. The van der Waals surface area contributed by atoms with Crippen LogP contribution in [0.3, 0.4) is 0 Å².